The molecule has 1 aliphatic heterocycles. The van der Waals surface area contributed by atoms with Gasteiger partial charge in [-0.05, 0) is 12.8 Å². The van der Waals surface area contributed by atoms with Gasteiger partial charge in [-0.25, -0.2) is 0 Å². The highest BCUT2D eigenvalue weighted by Crippen LogP contribution is 2.19. The molecule has 5 heteroatoms. The number of aliphatic carboxylic acids is 1. The van der Waals surface area contributed by atoms with Crippen LogP contribution in [-0.4, -0.2) is 34.4 Å². The number of hydrogen-bond acceptors (Lipinski definition) is 4. The minimum Gasteiger partial charge on any atom is -0.481 e. The fraction of sp³-hybridized carbons (Fsp3) is 0.750. The minimum absolute atomic E-state index is 0.102. The topological polar surface area (TPSA) is 83.8 Å². The van der Waals surface area contributed by atoms with E-state index in [-0.39, 0.29) is 18.8 Å². The number of carbonyl (C=O) groups excluding carboxylic acids is 1. The van der Waals surface area contributed by atoms with E-state index in [1.807, 2.05) is 0 Å². The zero-order valence-electron chi connectivity index (χ0n) is 7.10. The number of carboxylic acid groups (broad SMARTS) is 1. The molecule has 0 aromatic carbocycles. The molecule has 0 aromatic rings. The molecule has 13 heavy (non-hydrogen) atoms. The molecule has 0 radical (unpaired) electrons. The van der Waals surface area contributed by atoms with Gasteiger partial charge in [0.25, 0.3) is 0 Å². The maximum atomic E-state index is 10.6. The molecule has 1 rings (SSSR count). The van der Waals surface area contributed by atoms with Crippen molar-refractivity contribution in [1.82, 2.24) is 0 Å². The number of carboxylic acids is 1. The van der Waals surface area contributed by atoms with Crippen LogP contribution in [0.2, 0.25) is 0 Å². The third-order valence-corrected chi connectivity index (χ3v) is 2.00. The molecule has 1 heterocycles. The lowest BCUT2D eigenvalue weighted by Crippen LogP contribution is -2.26. The molecule has 74 valence electrons. The molecule has 0 aromatic heterocycles. The summed E-state index contributed by atoms with van der Waals surface area (Å²) in [7, 11) is 0. The number of hydrogen-bond donors (Lipinski definition) is 2. The second-order valence-corrected chi connectivity index (χ2v) is 3.07. The molecule has 0 saturated carbocycles. The number of aliphatic hydroxyl groups is 1. The Balaban J connectivity index is 2.27. The Kier molecular flexibility index (Phi) is 3.25. The van der Waals surface area contributed by atoms with E-state index in [0.29, 0.717) is 12.8 Å². The van der Waals surface area contributed by atoms with Crippen molar-refractivity contribution in [3.63, 3.8) is 0 Å². The SMILES string of the molecule is O=C(O)CCC(O)C1CCC(=O)O1. The van der Waals surface area contributed by atoms with Crippen LogP contribution in [-0.2, 0) is 14.3 Å². The van der Waals surface area contributed by atoms with Gasteiger partial charge in [0.2, 0.25) is 0 Å². The Morgan fingerprint density at radius 2 is 2.38 bits per heavy atom. The van der Waals surface area contributed by atoms with Gasteiger partial charge in [-0.15, -0.1) is 0 Å². The van der Waals surface area contributed by atoms with Crippen LogP contribution >= 0.6 is 0 Å². The molecule has 0 aliphatic carbocycles. The van der Waals surface area contributed by atoms with Crippen molar-refractivity contribution in [2.75, 3.05) is 0 Å². The van der Waals surface area contributed by atoms with Crippen molar-refractivity contribution >= 4 is 11.9 Å². The van der Waals surface area contributed by atoms with Crippen LogP contribution in [0, 0.1) is 0 Å². The monoisotopic (exact) mass is 188 g/mol. The molecule has 2 unspecified atom stereocenters. The molecule has 0 spiro atoms. The highest BCUT2D eigenvalue weighted by Gasteiger charge is 2.29. The molecule has 5 nitrogen and oxygen atoms in total. The average Bonchev–Trinajstić information content (AvgIpc) is 2.47. The lowest BCUT2D eigenvalue weighted by Gasteiger charge is -2.15. The standard InChI is InChI=1S/C8H12O5/c9-5(1-3-7(10)11)6-2-4-8(12)13-6/h5-6,9H,1-4H2,(H,10,11). The smallest absolute Gasteiger partial charge is 0.306 e. The number of cyclic esters (lactones) is 1. The third-order valence-electron chi connectivity index (χ3n) is 2.00. The minimum atomic E-state index is -0.955. The van der Waals surface area contributed by atoms with Crippen LogP contribution in [0.15, 0.2) is 0 Å². The Bertz CT molecular complexity index is 213. The second-order valence-electron chi connectivity index (χ2n) is 3.07. The van der Waals surface area contributed by atoms with Gasteiger partial charge in [-0.2, -0.15) is 0 Å². The van der Waals surface area contributed by atoms with Gasteiger partial charge in [-0.1, -0.05) is 0 Å². The summed E-state index contributed by atoms with van der Waals surface area (Å²) in [6, 6.07) is 0. The first-order chi connectivity index (χ1) is 6.09. The maximum absolute atomic E-state index is 10.6. The van der Waals surface area contributed by atoms with Crippen molar-refractivity contribution in [3.8, 4) is 0 Å². The van der Waals surface area contributed by atoms with E-state index >= 15 is 0 Å². The van der Waals surface area contributed by atoms with Crippen molar-refractivity contribution in [2.24, 2.45) is 0 Å². The van der Waals surface area contributed by atoms with Crippen molar-refractivity contribution in [1.29, 1.82) is 0 Å². The van der Waals surface area contributed by atoms with E-state index in [0.717, 1.165) is 0 Å². The zero-order chi connectivity index (χ0) is 9.84. The van der Waals surface area contributed by atoms with Crippen LogP contribution in [0.5, 0.6) is 0 Å². The first-order valence-corrected chi connectivity index (χ1v) is 4.19. The normalized spacial score (nSPS) is 24.1. The summed E-state index contributed by atoms with van der Waals surface area (Å²) < 4.78 is 4.77. The fourth-order valence-electron chi connectivity index (χ4n) is 1.27. The van der Waals surface area contributed by atoms with Gasteiger partial charge in [-0.3, -0.25) is 9.59 Å². The van der Waals surface area contributed by atoms with Crippen molar-refractivity contribution in [2.45, 2.75) is 37.9 Å². The van der Waals surface area contributed by atoms with Crippen LogP contribution in [0.25, 0.3) is 0 Å². The average molecular weight is 188 g/mol. The van der Waals surface area contributed by atoms with E-state index in [2.05, 4.69) is 0 Å². The lowest BCUT2D eigenvalue weighted by atomic mass is 10.1. The Hall–Kier alpha value is -1.10. The summed E-state index contributed by atoms with van der Waals surface area (Å²) in [5.41, 5.74) is 0. The molecular weight excluding hydrogens is 176 g/mol. The van der Waals surface area contributed by atoms with E-state index in [9.17, 15) is 14.7 Å². The number of carbonyl (C=O) groups is 2. The van der Waals surface area contributed by atoms with Crippen molar-refractivity contribution < 1.29 is 24.5 Å². The summed E-state index contributed by atoms with van der Waals surface area (Å²) >= 11 is 0. The van der Waals surface area contributed by atoms with Gasteiger partial charge in [0, 0.05) is 12.8 Å². The summed E-state index contributed by atoms with van der Waals surface area (Å²) in [5.74, 6) is -1.28. The van der Waals surface area contributed by atoms with Gasteiger partial charge in [0.1, 0.15) is 6.10 Å². The predicted octanol–water partition coefficient (Wildman–Crippen LogP) is -0.0823. The van der Waals surface area contributed by atoms with E-state index in [4.69, 9.17) is 9.84 Å². The highest BCUT2D eigenvalue weighted by atomic mass is 16.6. The van der Waals surface area contributed by atoms with Crippen LogP contribution in [0.3, 0.4) is 0 Å². The summed E-state index contributed by atoms with van der Waals surface area (Å²) in [6.45, 7) is 0. The van der Waals surface area contributed by atoms with Crippen LogP contribution in [0.4, 0.5) is 0 Å². The van der Waals surface area contributed by atoms with Gasteiger partial charge in [0.05, 0.1) is 6.10 Å². The first kappa shape index (κ1) is 9.98. The van der Waals surface area contributed by atoms with Gasteiger partial charge >= 0.3 is 11.9 Å². The largest absolute Gasteiger partial charge is 0.481 e. The fourth-order valence-corrected chi connectivity index (χ4v) is 1.27. The molecule has 0 amide bonds. The number of aliphatic hydroxyl groups excluding tert-OH is 1. The lowest BCUT2D eigenvalue weighted by molar-refractivity contribution is -0.145. The molecule has 1 aliphatic rings. The van der Waals surface area contributed by atoms with Crippen molar-refractivity contribution in [3.05, 3.63) is 0 Å². The number of esters is 1. The van der Waals surface area contributed by atoms with Crippen LogP contribution in [0.1, 0.15) is 25.7 Å². The molecule has 1 fully saturated rings. The Morgan fingerprint density at radius 3 is 2.85 bits per heavy atom. The predicted molar refractivity (Wildman–Crippen MR) is 42.0 cm³/mol. The summed E-state index contributed by atoms with van der Waals surface area (Å²) in [6.07, 6.45) is -0.522. The molecule has 0 bridgehead atoms. The Labute approximate surface area is 75.3 Å². The van der Waals surface area contributed by atoms with E-state index < -0.39 is 18.2 Å². The number of ether oxygens (including phenoxy) is 1. The molecular formula is C8H12O5. The zero-order valence-corrected chi connectivity index (χ0v) is 7.10. The third kappa shape index (κ3) is 3.02. The second kappa shape index (κ2) is 4.23. The van der Waals surface area contributed by atoms with E-state index in [1.54, 1.807) is 0 Å². The first-order valence-electron chi connectivity index (χ1n) is 4.19. The molecule has 1 saturated heterocycles. The van der Waals surface area contributed by atoms with E-state index in [1.165, 1.54) is 0 Å². The summed E-state index contributed by atoms with van der Waals surface area (Å²) in [5, 5.41) is 17.7. The van der Waals surface area contributed by atoms with Gasteiger partial charge < -0.3 is 14.9 Å². The van der Waals surface area contributed by atoms with Gasteiger partial charge in [0.15, 0.2) is 0 Å². The Morgan fingerprint density at radius 1 is 1.69 bits per heavy atom. The molecule has 2 atom stereocenters. The highest BCUT2D eigenvalue weighted by molar-refractivity contribution is 5.71. The van der Waals surface area contributed by atoms with Crippen LogP contribution < -0.4 is 0 Å². The number of rotatable bonds is 4. The maximum Gasteiger partial charge on any atom is 0.306 e. The quantitative estimate of drug-likeness (QED) is 0.603. The summed E-state index contributed by atoms with van der Waals surface area (Å²) in [4.78, 5) is 20.8. The molecule has 2 N–H and O–H groups in total.